The summed E-state index contributed by atoms with van der Waals surface area (Å²) in [6.45, 7) is 4.50. The molecule has 0 saturated carbocycles. The Hall–Kier alpha value is -1.06. The van der Waals surface area contributed by atoms with Crippen LogP contribution in [0.25, 0.3) is 0 Å². The van der Waals surface area contributed by atoms with Crippen molar-refractivity contribution in [1.29, 1.82) is 0 Å². The quantitative estimate of drug-likeness (QED) is 0.775. The SMILES string of the molecule is CCC(C)(O)COc1cccc(CN)c1. The third-order valence-corrected chi connectivity index (χ3v) is 2.45. The van der Waals surface area contributed by atoms with Crippen molar-refractivity contribution in [3.05, 3.63) is 29.8 Å². The molecule has 1 unspecified atom stereocenters. The summed E-state index contributed by atoms with van der Waals surface area (Å²) in [6.07, 6.45) is 0.670. The number of benzene rings is 1. The molecule has 0 spiro atoms. The zero-order valence-corrected chi connectivity index (χ0v) is 9.36. The zero-order valence-electron chi connectivity index (χ0n) is 9.36. The molecule has 3 heteroatoms. The Labute approximate surface area is 90.9 Å². The van der Waals surface area contributed by atoms with Crippen molar-refractivity contribution in [2.24, 2.45) is 5.73 Å². The highest BCUT2D eigenvalue weighted by Gasteiger charge is 2.18. The van der Waals surface area contributed by atoms with Gasteiger partial charge in [0.05, 0.1) is 5.60 Å². The second kappa shape index (κ2) is 5.14. The minimum atomic E-state index is -0.765. The van der Waals surface area contributed by atoms with Gasteiger partial charge in [0.15, 0.2) is 0 Å². The van der Waals surface area contributed by atoms with Crippen molar-refractivity contribution in [2.45, 2.75) is 32.4 Å². The fraction of sp³-hybridized carbons (Fsp3) is 0.500. The molecule has 0 aliphatic rings. The molecule has 0 amide bonds. The summed E-state index contributed by atoms with van der Waals surface area (Å²) in [6, 6.07) is 7.61. The maximum Gasteiger partial charge on any atom is 0.119 e. The van der Waals surface area contributed by atoms with Crippen molar-refractivity contribution >= 4 is 0 Å². The van der Waals surface area contributed by atoms with Gasteiger partial charge >= 0.3 is 0 Å². The summed E-state index contributed by atoms with van der Waals surface area (Å²) in [7, 11) is 0. The molecule has 1 rings (SSSR count). The molecule has 3 N–H and O–H groups in total. The molecule has 3 nitrogen and oxygen atoms in total. The van der Waals surface area contributed by atoms with Crippen molar-refractivity contribution < 1.29 is 9.84 Å². The predicted octanol–water partition coefficient (Wildman–Crippen LogP) is 1.69. The Morgan fingerprint density at radius 3 is 2.80 bits per heavy atom. The third kappa shape index (κ3) is 3.90. The molecule has 15 heavy (non-hydrogen) atoms. The molecule has 1 aromatic carbocycles. The minimum absolute atomic E-state index is 0.303. The average molecular weight is 209 g/mol. The van der Waals surface area contributed by atoms with Gasteiger partial charge in [-0.3, -0.25) is 0 Å². The molecular formula is C12H19NO2. The maximum atomic E-state index is 9.76. The van der Waals surface area contributed by atoms with Crippen LogP contribution in [-0.4, -0.2) is 17.3 Å². The van der Waals surface area contributed by atoms with E-state index in [1.54, 1.807) is 6.92 Å². The highest BCUT2D eigenvalue weighted by atomic mass is 16.5. The van der Waals surface area contributed by atoms with Gasteiger partial charge in [0, 0.05) is 6.54 Å². The van der Waals surface area contributed by atoms with Gasteiger partial charge in [0.25, 0.3) is 0 Å². The molecule has 84 valence electrons. The summed E-state index contributed by atoms with van der Waals surface area (Å²) >= 11 is 0. The lowest BCUT2D eigenvalue weighted by Crippen LogP contribution is -2.31. The van der Waals surface area contributed by atoms with E-state index in [0.717, 1.165) is 11.3 Å². The van der Waals surface area contributed by atoms with Crippen LogP contribution in [0.15, 0.2) is 24.3 Å². The van der Waals surface area contributed by atoms with Gasteiger partial charge in [-0.2, -0.15) is 0 Å². The van der Waals surface area contributed by atoms with Crippen molar-refractivity contribution in [3.8, 4) is 5.75 Å². The standard InChI is InChI=1S/C12H19NO2/c1-3-12(2,14)9-15-11-6-4-5-10(7-11)8-13/h4-7,14H,3,8-9,13H2,1-2H3. The van der Waals surface area contributed by atoms with Crippen molar-refractivity contribution in [3.63, 3.8) is 0 Å². The van der Waals surface area contributed by atoms with Gasteiger partial charge in [-0.1, -0.05) is 19.1 Å². The third-order valence-electron chi connectivity index (χ3n) is 2.45. The maximum absolute atomic E-state index is 9.76. The summed E-state index contributed by atoms with van der Waals surface area (Å²) in [5.74, 6) is 0.756. The minimum Gasteiger partial charge on any atom is -0.491 e. The smallest absolute Gasteiger partial charge is 0.119 e. The van der Waals surface area contributed by atoms with Crippen LogP contribution in [0.2, 0.25) is 0 Å². The fourth-order valence-corrected chi connectivity index (χ4v) is 1.10. The molecule has 0 heterocycles. The lowest BCUT2D eigenvalue weighted by atomic mass is 10.1. The number of hydrogen-bond acceptors (Lipinski definition) is 3. The molecule has 1 aromatic rings. The first-order valence-corrected chi connectivity index (χ1v) is 5.21. The molecule has 0 aliphatic heterocycles. The first kappa shape index (κ1) is 12.0. The first-order valence-electron chi connectivity index (χ1n) is 5.21. The first-order chi connectivity index (χ1) is 7.07. The van der Waals surface area contributed by atoms with Gasteiger partial charge < -0.3 is 15.6 Å². The van der Waals surface area contributed by atoms with Gasteiger partial charge in [0.2, 0.25) is 0 Å². The van der Waals surface area contributed by atoms with Crippen LogP contribution in [0.1, 0.15) is 25.8 Å². The Kier molecular flexibility index (Phi) is 4.12. The lowest BCUT2D eigenvalue weighted by molar-refractivity contribution is 0.00845. The van der Waals surface area contributed by atoms with Crippen LogP contribution in [0, 0.1) is 0 Å². The van der Waals surface area contributed by atoms with Crippen LogP contribution in [0.3, 0.4) is 0 Å². The number of nitrogens with two attached hydrogens (primary N) is 1. The van der Waals surface area contributed by atoms with E-state index in [0.29, 0.717) is 19.6 Å². The average Bonchev–Trinajstić information content (AvgIpc) is 2.27. The molecule has 0 radical (unpaired) electrons. The van der Waals surface area contributed by atoms with Crippen molar-refractivity contribution in [2.75, 3.05) is 6.61 Å². The monoisotopic (exact) mass is 209 g/mol. The Morgan fingerprint density at radius 1 is 1.47 bits per heavy atom. The van der Waals surface area contributed by atoms with E-state index >= 15 is 0 Å². The highest BCUT2D eigenvalue weighted by molar-refractivity contribution is 5.28. The van der Waals surface area contributed by atoms with E-state index in [1.807, 2.05) is 31.2 Å². The van der Waals surface area contributed by atoms with Gasteiger partial charge in [-0.25, -0.2) is 0 Å². The van der Waals surface area contributed by atoms with Gasteiger partial charge in [-0.05, 0) is 31.0 Å². The van der Waals surface area contributed by atoms with Crippen LogP contribution >= 0.6 is 0 Å². The van der Waals surface area contributed by atoms with E-state index in [-0.39, 0.29) is 0 Å². The Morgan fingerprint density at radius 2 is 2.20 bits per heavy atom. The number of aliphatic hydroxyl groups is 1. The topological polar surface area (TPSA) is 55.5 Å². The molecule has 1 atom stereocenters. The summed E-state index contributed by atoms with van der Waals surface area (Å²) in [5, 5.41) is 9.76. The van der Waals surface area contributed by atoms with E-state index in [2.05, 4.69) is 0 Å². The lowest BCUT2D eigenvalue weighted by Gasteiger charge is -2.21. The molecular weight excluding hydrogens is 190 g/mol. The summed E-state index contributed by atoms with van der Waals surface area (Å²) < 4.78 is 5.50. The second-order valence-electron chi connectivity index (χ2n) is 3.99. The Balaban J connectivity index is 2.57. The molecule has 0 saturated heterocycles. The number of hydrogen-bond donors (Lipinski definition) is 2. The van der Waals surface area contributed by atoms with Crippen molar-refractivity contribution in [1.82, 2.24) is 0 Å². The molecule has 0 aromatic heterocycles. The van der Waals surface area contributed by atoms with Gasteiger partial charge in [0.1, 0.15) is 12.4 Å². The second-order valence-corrected chi connectivity index (χ2v) is 3.99. The molecule has 0 fully saturated rings. The molecule has 0 bridgehead atoms. The van der Waals surface area contributed by atoms with Crippen LogP contribution in [-0.2, 0) is 6.54 Å². The van der Waals surface area contributed by atoms with E-state index < -0.39 is 5.60 Å². The van der Waals surface area contributed by atoms with Crippen LogP contribution in [0.5, 0.6) is 5.75 Å². The number of ether oxygens (including phenoxy) is 1. The van der Waals surface area contributed by atoms with E-state index in [9.17, 15) is 5.11 Å². The zero-order chi connectivity index (χ0) is 11.3. The van der Waals surface area contributed by atoms with E-state index in [4.69, 9.17) is 10.5 Å². The van der Waals surface area contributed by atoms with Gasteiger partial charge in [-0.15, -0.1) is 0 Å². The summed E-state index contributed by atoms with van der Waals surface area (Å²) in [4.78, 5) is 0. The Bertz CT molecular complexity index is 310. The predicted molar refractivity (Wildman–Crippen MR) is 60.7 cm³/mol. The fourth-order valence-electron chi connectivity index (χ4n) is 1.10. The largest absolute Gasteiger partial charge is 0.491 e. The number of rotatable bonds is 5. The normalized spacial score (nSPS) is 14.7. The summed E-state index contributed by atoms with van der Waals surface area (Å²) in [5.41, 5.74) is 5.79. The highest BCUT2D eigenvalue weighted by Crippen LogP contribution is 2.16. The van der Waals surface area contributed by atoms with E-state index in [1.165, 1.54) is 0 Å². The van der Waals surface area contributed by atoms with Crippen LogP contribution < -0.4 is 10.5 Å². The molecule has 0 aliphatic carbocycles. The van der Waals surface area contributed by atoms with Crippen LogP contribution in [0.4, 0.5) is 0 Å².